The van der Waals surface area contributed by atoms with Gasteiger partial charge in [-0.05, 0) is 28.1 Å². The first-order valence-electron chi connectivity index (χ1n) is 5.19. The maximum atomic E-state index is 12.3. The molecule has 1 rings (SSSR count). The van der Waals surface area contributed by atoms with E-state index in [0.29, 0.717) is 8.95 Å². The molecule has 8 heteroatoms. The number of anilines is 1. The molecule has 0 radical (unpaired) electrons. The van der Waals surface area contributed by atoms with Crippen LogP contribution >= 0.6 is 31.9 Å². The Morgan fingerprint density at radius 2 is 1.84 bits per heavy atom. The first kappa shape index (κ1) is 15.9. The van der Waals surface area contributed by atoms with Gasteiger partial charge in [0.05, 0.1) is 11.3 Å². The number of rotatable bonds is 2. The van der Waals surface area contributed by atoms with Gasteiger partial charge < -0.3 is 10.8 Å². The number of likely N-dealkylation sites (N-methyl/N-ethyl adjacent to an activating group) is 1. The molecule has 3 N–H and O–H groups in total. The van der Waals surface area contributed by atoms with Crippen molar-refractivity contribution in [3.63, 3.8) is 0 Å². The Kier molecular flexibility index (Phi) is 5.33. The lowest BCUT2D eigenvalue weighted by Crippen LogP contribution is -2.46. The lowest BCUT2D eigenvalue weighted by atomic mass is 10.1. The first-order chi connectivity index (χ1) is 8.79. The molecular formula is C11H13Br2N3O3. The number of nitrogens with zero attached hydrogens (tertiary/aromatic N) is 2. The zero-order chi connectivity index (χ0) is 14.7. The van der Waals surface area contributed by atoms with Crippen molar-refractivity contribution in [3.8, 4) is 0 Å². The number of aliphatic hydroxyl groups is 1. The minimum Gasteiger partial charge on any atom is -0.397 e. The fourth-order valence-electron chi connectivity index (χ4n) is 1.34. The molecule has 0 atom stereocenters. The molecule has 0 saturated carbocycles. The summed E-state index contributed by atoms with van der Waals surface area (Å²) in [6.45, 7) is -0.675. The van der Waals surface area contributed by atoms with Crippen molar-refractivity contribution in [2.24, 2.45) is 0 Å². The van der Waals surface area contributed by atoms with E-state index < -0.39 is 18.4 Å². The molecule has 0 fully saturated rings. The van der Waals surface area contributed by atoms with Crippen LogP contribution in [0.3, 0.4) is 0 Å². The topological polar surface area (TPSA) is 86.9 Å². The smallest absolute Gasteiger partial charge is 0.274 e. The van der Waals surface area contributed by atoms with Crippen molar-refractivity contribution in [2.45, 2.75) is 0 Å². The number of nitrogen functional groups attached to an aromatic ring is 1. The zero-order valence-electron chi connectivity index (χ0n) is 10.4. The molecular weight excluding hydrogens is 382 g/mol. The summed E-state index contributed by atoms with van der Waals surface area (Å²) in [6, 6.07) is 3.28. The predicted octanol–water partition coefficient (Wildman–Crippen LogP) is 1.23. The van der Waals surface area contributed by atoms with Gasteiger partial charge in [0.15, 0.2) is 0 Å². The van der Waals surface area contributed by atoms with E-state index >= 15 is 0 Å². The van der Waals surface area contributed by atoms with E-state index in [4.69, 9.17) is 10.8 Å². The van der Waals surface area contributed by atoms with Crippen LogP contribution in [0.5, 0.6) is 0 Å². The molecule has 0 aliphatic carbocycles. The highest BCUT2D eigenvalue weighted by Gasteiger charge is 2.22. The highest BCUT2D eigenvalue weighted by molar-refractivity contribution is 9.11. The van der Waals surface area contributed by atoms with E-state index in [1.54, 1.807) is 12.1 Å². The predicted molar refractivity (Wildman–Crippen MR) is 78.2 cm³/mol. The van der Waals surface area contributed by atoms with Gasteiger partial charge in [-0.1, -0.05) is 15.9 Å². The fraction of sp³-hybridized carbons (Fsp3) is 0.273. The third-order valence-electron chi connectivity index (χ3n) is 2.56. The third kappa shape index (κ3) is 3.46. The van der Waals surface area contributed by atoms with Crippen molar-refractivity contribution in [1.29, 1.82) is 0 Å². The van der Waals surface area contributed by atoms with Crippen LogP contribution in [-0.4, -0.2) is 47.6 Å². The minimum absolute atomic E-state index is 0.251. The van der Waals surface area contributed by atoms with Crippen LogP contribution in [0.15, 0.2) is 21.1 Å². The van der Waals surface area contributed by atoms with Crippen LogP contribution in [0, 0.1) is 0 Å². The van der Waals surface area contributed by atoms with Crippen molar-refractivity contribution < 1.29 is 14.7 Å². The summed E-state index contributed by atoms with van der Waals surface area (Å²) in [6.07, 6.45) is 0. The Labute approximate surface area is 127 Å². The molecule has 19 heavy (non-hydrogen) atoms. The first-order valence-corrected chi connectivity index (χ1v) is 6.78. The molecule has 0 aliphatic rings. The summed E-state index contributed by atoms with van der Waals surface area (Å²) in [5, 5.41) is 10.9. The summed E-state index contributed by atoms with van der Waals surface area (Å²) in [4.78, 5) is 23.6. The third-order valence-corrected chi connectivity index (χ3v) is 3.68. The molecule has 2 amide bonds. The summed E-state index contributed by atoms with van der Waals surface area (Å²) in [5.74, 6) is -1.05. The van der Waals surface area contributed by atoms with E-state index in [9.17, 15) is 9.59 Å². The van der Waals surface area contributed by atoms with Gasteiger partial charge in [0, 0.05) is 23.0 Å². The molecule has 0 aromatic heterocycles. The highest BCUT2D eigenvalue weighted by atomic mass is 79.9. The zero-order valence-corrected chi connectivity index (χ0v) is 13.5. The Morgan fingerprint density at radius 1 is 1.26 bits per heavy atom. The van der Waals surface area contributed by atoms with Crippen LogP contribution in [0.25, 0.3) is 0 Å². The van der Waals surface area contributed by atoms with Crippen LogP contribution in [0.4, 0.5) is 5.69 Å². The quantitative estimate of drug-likeness (QED) is 0.583. The Morgan fingerprint density at radius 3 is 2.37 bits per heavy atom. The summed E-state index contributed by atoms with van der Waals surface area (Å²) in [7, 11) is 2.81. The molecule has 0 aliphatic heterocycles. The molecule has 0 spiro atoms. The van der Waals surface area contributed by atoms with E-state index in [1.165, 1.54) is 14.1 Å². The lowest BCUT2D eigenvalue weighted by Gasteiger charge is -2.28. The molecule has 0 saturated heterocycles. The molecule has 1 aromatic rings. The maximum absolute atomic E-state index is 12.3. The van der Waals surface area contributed by atoms with Crippen LogP contribution in [0.1, 0.15) is 10.4 Å². The second kappa shape index (κ2) is 6.36. The highest BCUT2D eigenvalue weighted by Crippen LogP contribution is 2.29. The van der Waals surface area contributed by atoms with Crippen molar-refractivity contribution in [1.82, 2.24) is 10.0 Å². The monoisotopic (exact) mass is 393 g/mol. The number of carbonyl (C=O) groups excluding carboxylic acids is 2. The Balaban J connectivity index is 3.10. The van der Waals surface area contributed by atoms with Crippen LogP contribution in [0.2, 0.25) is 0 Å². The lowest BCUT2D eigenvalue weighted by molar-refractivity contribution is -0.143. The van der Waals surface area contributed by atoms with Gasteiger partial charge in [-0.2, -0.15) is 0 Å². The number of carbonyl (C=O) groups is 2. The van der Waals surface area contributed by atoms with Gasteiger partial charge in [-0.25, -0.2) is 0 Å². The fourth-order valence-corrected chi connectivity index (χ4v) is 2.57. The average molecular weight is 395 g/mol. The van der Waals surface area contributed by atoms with Crippen molar-refractivity contribution >= 4 is 49.4 Å². The normalized spacial score (nSPS) is 10.2. The molecule has 0 heterocycles. The molecule has 1 aromatic carbocycles. The SMILES string of the molecule is CN(C(=O)CO)N(C)C(=O)c1cc(Br)cc(Br)c1N. The standard InChI is InChI=1S/C11H13Br2N3O3/c1-15(9(18)5-17)16(2)11(19)7-3-6(12)4-8(13)10(7)14/h3-4,17H,5,14H2,1-2H3. The van der Waals surface area contributed by atoms with E-state index in [0.717, 1.165) is 10.0 Å². The summed E-state index contributed by atoms with van der Waals surface area (Å²) >= 11 is 6.52. The summed E-state index contributed by atoms with van der Waals surface area (Å²) in [5.41, 5.74) is 6.36. The summed E-state index contributed by atoms with van der Waals surface area (Å²) < 4.78 is 1.26. The Bertz CT molecular complexity index is 522. The number of aliphatic hydroxyl groups excluding tert-OH is 1. The van der Waals surface area contributed by atoms with Crippen LogP contribution < -0.4 is 5.73 Å². The van der Waals surface area contributed by atoms with E-state index in [2.05, 4.69) is 31.9 Å². The van der Waals surface area contributed by atoms with E-state index in [1.807, 2.05) is 0 Å². The number of benzene rings is 1. The van der Waals surface area contributed by atoms with Gasteiger partial charge in [0.1, 0.15) is 6.61 Å². The van der Waals surface area contributed by atoms with Gasteiger partial charge in [0.25, 0.3) is 11.8 Å². The van der Waals surface area contributed by atoms with Gasteiger partial charge in [-0.15, -0.1) is 0 Å². The number of hydrogen-bond donors (Lipinski definition) is 2. The molecule has 0 unspecified atom stereocenters. The number of hydrazine groups is 1. The molecule has 6 nitrogen and oxygen atoms in total. The second-order valence-electron chi connectivity index (χ2n) is 3.75. The van der Waals surface area contributed by atoms with Gasteiger partial charge >= 0.3 is 0 Å². The molecule has 104 valence electrons. The molecule has 0 bridgehead atoms. The van der Waals surface area contributed by atoms with E-state index in [-0.39, 0.29) is 11.3 Å². The van der Waals surface area contributed by atoms with Gasteiger partial charge in [0.2, 0.25) is 0 Å². The minimum atomic E-state index is -0.675. The van der Waals surface area contributed by atoms with Crippen molar-refractivity contribution in [2.75, 3.05) is 26.4 Å². The van der Waals surface area contributed by atoms with Crippen LogP contribution in [-0.2, 0) is 4.79 Å². The van der Waals surface area contributed by atoms with Gasteiger partial charge in [-0.3, -0.25) is 19.6 Å². The maximum Gasteiger partial charge on any atom is 0.274 e. The second-order valence-corrected chi connectivity index (χ2v) is 5.52. The Hall–Kier alpha value is -1.12. The number of amides is 2. The largest absolute Gasteiger partial charge is 0.397 e. The number of nitrogens with two attached hydrogens (primary N) is 1. The average Bonchev–Trinajstić information content (AvgIpc) is 2.39. The number of hydrogen-bond acceptors (Lipinski definition) is 4. The van der Waals surface area contributed by atoms with Crippen molar-refractivity contribution in [3.05, 3.63) is 26.6 Å². The number of halogens is 2.